The number of carbonyl (C=O) groups excluding carboxylic acids is 1. The SMILES string of the molecule is CC(C)CCSC(C)(C)C(=O)Nc1cc(C(C)(C)C)no1. The Morgan fingerprint density at radius 1 is 1.33 bits per heavy atom. The summed E-state index contributed by atoms with van der Waals surface area (Å²) in [7, 11) is 0. The summed E-state index contributed by atoms with van der Waals surface area (Å²) in [4.78, 5) is 12.3. The minimum atomic E-state index is -0.483. The molecule has 0 bridgehead atoms. The van der Waals surface area contributed by atoms with Gasteiger partial charge in [-0.1, -0.05) is 39.8 Å². The first-order chi connectivity index (χ1) is 9.52. The Morgan fingerprint density at radius 3 is 2.43 bits per heavy atom. The third-order valence-electron chi connectivity index (χ3n) is 3.22. The van der Waals surface area contributed by atoms with Crippen LogP contribution in [0.3, 0.4) is 0 Å². The molecule has 120 valence electrons. The zero-order chi connectivity index (χ0) is 16.3. The molecule has 0 aliphatic carbocycles. The van der Waals surface area contributed by atoms with Crippen molar-refractivity contribution >= 4 is 23.6 Å². The number of hydrogen-bond acceptors (Lipinski definition) is 4. The van der Waals surface area contributed by atoms with Crippen molar-refractivity contribution in [1.29, 1.82) is 0 Å². The van der Waals surface area contributed by atoms with Crippen LogP contribution in [0.1, 0.15) is 60.6 Å². The van der Waals surface area contributed by atoms with Gasteiger partial charge in [-0.3, -0.25) is 10.1 Å². The number of nitrogens with one attached hydrogen (secondary N) is 1. The summed E-state index contributed by atoms with van der Waals surface area (Å²) in [6.07, 6.45) is 1.11. The minimum absolute atomic E-state index is 0.0483. The molecule has 1 N–H and O–H groups in total. The molecule has 0 saturated carbocycles. The van der Waals surface area contributed by atoms with Crippen LogP contribution in [0.25, 0.3) is 0 Å². The van der Waals surface area contributed by atoms with Crippen LogP contribution in [0.2, 0.25) is 0 Å². The molecule has 1 heterocycles. The molecule has 1 amide bonds. The van der Waals surface area contributed by atoms with Gasteiger partial charge >= 0.3 is 0 Å². The van der Waals surface area contributed by atoms with Gasteiger partial charge in [0, 0.05) is 11.5 Å². The first-order valence-corrected chi connectivity index (χ1v) is 8.43. The number of amides is 1. The van der Waals surface area contributed by atoms with E-state index in [0.29, 0.717) is 11.8 Å². The fourth-order valence-electron chi connectivity index (χ4n) is 1.57. The summed E-state index contributed by atoms with van der Waals surface area (Å²) in [6, 6.07) is 1.80. The molecule has 1 aromatic rings. The molecule has 0 aliphatic rings. The van der Waals surface area contributed by atoms with Gasteiger partial charge in [-0.15, -0.1) is 11.8 Å². The maximum atomic E-state index is 12.3. The zero-order valence-corrected chi connectivity index (χ0v) is 15.1. The number of thioether (sulfide) groups is 1. The summed E-state index contributed by atoms with van der Waals surface area (Å²) < 4.78 is 4.73. The maximum absolute atomic E-state index is 12.3. The number of hydrogen-bond donors (Lipinski definition) is 1. The highest BCUT2D eigenvalue weighted by Gasteiger charge is 2.29. The third kappa shape index (κ3) is 5.73. The lowest BCUT2D eigenvalue weighted by Crippen LogP contribution is -2.34. The monoisotopic (exact) mass is 312 g/mol. The van der Waals surface area contributed by atoms with Crippen LogP contribution in [0, 0.1) is 5.92 Å². The molecule has 0 atom stereocenters. The van der Waals surface area contributed by atoms with Crippen molar-refractivity contribution in [1.82, 2.24) is 5.16 Å². The topological polar surface area (TPSA) is 55.1 Å². The van der Waals surface area contributed by atoms with Gasteiger partial charge in [0.05, 0.1) is 10.4 Å². The van der Waals surface area contributed by atoms with Crippen molar-refractivity contribution in [3.8, 4) is 0 Å². The smallest absolute Gasteiger partial charge is 0.242 e. The predicted molar refractivity (Wildman–Crippen MR) is 89.8 cm³/mol. The maximum Gasteiger partial charge on any atom is 0.242 e. The standard InChI is InChI=1S/C16H28N2O2S/c1-11(2)8-9-21-16(6,7)14(19)17-13-10-12(18-20-13)15(3,4)5/h10-11H,8-9H2,1-7H3,(H,17,19). The van der Waals surface area contributed by atoms with Crippen molar-refractivity contribution in [2.45, 2.75) is 65.0 Å². The summed E-state index contributed by atoms with van der Waals surface area (Å²) in [5, 5.41) is 6.84. The molecule has 0 aliphatic heterocycles. The average Bonchev–Trinajstić information content (AvgIpc) is 2.76. The highest BCUT2D eigenvalue weighted by Crippen LogP contribution is 2.29. The van der Waals surface area contributed by atoms with Gasteiger partial charge in [0.25, 0.3) is 0 Å². The van der Waals surface area contributed by atoms with Gasteiger partial charge < -0.3 is 4.52 Å². The zero-order valence-electron chi connectivity index (χ0n) is 14.2. The van der Waals surface area contributed by atoms with E-state index in [-0.39, 0.29) is 11.3 Å². The van der Waals surface area contributed by atoms with Crippen molar-refractivity contribution in [2.75, 3.05) is 11.1 Å². The predicted octanol–water partition coefficient (Wildman–Crippen LogP) is 4.47. The first-order valence-electron chi connectivity index (χ1n) is 7.45. The van der Waals surface area contributed by atoms with Crippen molar-refractivity contribution in [3.05, 3.63) is 11.8 Å². The van der Waals surface area contributed by atoms with Gasteiger partial charge in [-0.2, -0.15) is 0 Å². The molecule has 5 heteroatoms. The molecule has 0 saturated heterocycles. The van der Waals surface area contributed by atoms with Gasteiger partial charge in [0.2, 0.25) is 11.8 Å². The molecule has 4 nitrogen and oxygen atoms in total. The fraction of sp³-hybridized carbons (Fsp3) is 0.750. The summed E-state index contributed by atoms with van der Waals surface area (Å²) >= 11 is 1.67. The minimum Gasteiger partial charge on any atom is -0.338 e. The Hall–Kier alpha value is -0.970. The average molecular weight is 312 g/mol. The van der Waals surface area contributed by atoms with E-state index in [2.05, 4.69) is 45.1 Å². The van der Waals surface area contributed by atoms with Gasteiger partial charge in [-0.25, -0.2) is 0 Å². The Balaban J connectivity index is 2.61. The number of carbonyl (C=O) groups is 1. The molecule has 0 fully saturated rings. The Bertz CT molecular complexity index is 473. The van der Waals surface area contributed by atoms with Crippen LogP contribution in [-0.2, 0) is 10.2 Å². The molecular weight excluding hydrogens is 284 g/mol. The van der Waals surface area contributed by atoms with Crippen LogP contribution in [-0.4, -0.2) is 21.6 Å². The molecule has 0 radical (unpaired) electrons. The number of aromatic nitrogens is 1. The molecule has 21 heavy (non-hydrogen) atoms. The fourth-order valence-corrected chi connectivity index (χ4v) is 2.85. The lowest BCUT2D eigenvalue weighted by molar-refractivity contribution is -0.117. The van der Waals surface area contributed by atoms with Crippen LogP contribution in [0.4, 0.5) is 5.88 Å². The van der Waals surface area contributed by atoms with Gasteiger partial charge in [-0.05, 0) is 31.9 Å². The quantitative estimate of drug-likeness (QED) is 0.842. The second-order valence-electron chi connectivity index (χ2n) is 7.32. The van der Waals surface area contributed by atoms with Crippen LogP contribution >= 0.6 is 11.8 Å². The number of nitrogens with zero attached hydrogens (tertiary/aromatic N) is 1. The van der Waals surface area contributed by atoms with E-state index in [9.17, 15) is 4.79 Å². The summed E-state index contributed by atoms with van der Waals surface area (Å²) in [6.45, 7) is 14.4. The summed E-state index contributed by atoms with van der Waals surface area (Å²) in [5.74, 6) is 2.00. The molecule has 1 rings (SSSR count). The summed E-state index contributed by atoms with van der Waals surface area (Å²) in [5.41, 5.74) is 0.747. The third-order valence-corrected chi connectivity index (χ3v) is 4.57. The van der Waals surface area contributed by atoms with Crippen LogP contribution in [0.15, 0.2) is 10.6 Å². The Kier molecular flexibility index (Phi) is 5.91. The van der Waals surface area contributed by atoms with Crippen molar-refractivity contribution in [2.24, 2.45) is 5.92 Å². The van der Waals surface area contributed by atoms with E-state index >= 15 is 0 Å². The Labute approximate surface area is 132 Å². The van der Waals surface area contributed by atoms with E-state index in [4.69, 9.17) is 4.52 Å². The van der Waals surface area contributed by atoms with E-state index < -0.39 is 4.75 Å². The lowest BCUT2D eigenvalue weighted by atomic mass is 9.92. The highest BCUT2D eigenvalue weighted by molar-refractivity contribution is 8.01. The van der Waals surface area contributed by atoms with E-state index in [1.165, 1.54) is 0 Å². The van der Waals surface area contributed by atoms with Crippen molar-refractivity contribution in [3.63, 3.8) is 0 Å². The molecule has 0 unspecified atom stereocenters. The van der Waals surface area contributed by atoms with E-state index in [1.807, 2.05) is 13.8 Å². The number of anilines is 1. The van der Waals surface area contributed by atoms with E-state index in [1.54, 1.807) is 17.8 Å². The van der Waals surface area contributed by atoms with Gasteiger partial charge in [0.1, 0.15) is 0 Å². The van der Waals surface area contributed by atoms with Crippen molar-refractivity contribution < 1.29 is 9.32 Å². The molecular formula is C16H28N2O2S. The molecule has 1 aromatic heterocycles. The normalized spacial score (nSPS) is 12.8. The lowest BCUT2D eigenvalue weighted by Gasteiger charge is -2.22. The van der Waals surface area contributed by atoms with E-state index in [0.717, 1.165) is 17.9 Å². The molecule has 0 spiro atoms. The first kappa shape index (κ1) is 18.1. The largest absolute Gasteiger partial charge is 0.338 e. The molecule has 0 aromatic carbocycles. The Morgan fingerprint density at radius 2 is 1.95 bits per heavy atom. The van der Waals surface area contributed by atoms with Crippen LogP contribution < -0.4 is 5.32 Å². The van der Waals surface area contributed by atoms with Gasteiger partial charge in [0.15, 0.2) is 0 Å². The van der Waals surface area contributed by atoms with Crippen LogP contribution in [0.5, 0.6) is 0 Å². The highest BCUT2D eigenvalue weighted by atomic mass is 32.2. The number of rotatable bonds is 6. The second kappa shape index (κ2) is 6.86. The second-order valence-corrected chi connectivity index (χ2v) is 9.04.